The van der Waals surface area contributed by atoms with Crippen LogP contribution in [0.3, 0.4) is 0 Å². The molecule has 1 atom stereocenters. The maximum Gasteiger partial charge on any atom is 0.0714 e. The van der Waals surface area contributed by atoms with Gasteiger partial charge in [-0.1, -0.05) is 164 Å². The highest BCUT2D eigenvalue weighted by atomic mass is 32.1. The van der Waals surface area contributed by atoms with Gasteiger partial charge in [-0.3, -0.25) is 0 Å². The van der Waals surface area contributed by atoms with Crippen molar-refractivity contribution in [1.29, 1.82) is 0 Å². The van der Waals surface area contributed by atoms with Crippen LogP contribution >= 0.6 is 11.3 Å². The van der Waals surface area contributed by atoms with E-state index in [4.69, 9.17) is 0 Å². The fraction of sp³-hybridized carbons (Fsp3) is 0.0189. The van der Waals surface area contributed by atoms with Crippen molar-refractivity contribution in [3.05, 3.63) is 235 Å². The molecule has 258 valence electrons. The van der Waals surface area contributed by atoms with Crippen LogP contribution in [0.25, 0.3) is 53.2 Å². The molecule has 1 aromatic heterocycles. The smallest absolute Gasteiger partial charge is 0.0714 e. The summed E-state index contributed by atoms with van der Waals surface area (Å²) in [6.45, 7) is 0. The summed E-state index contributed by atoms with van der Waals surface area (Å²) in [4.78, 5) is 2.48. The molecule has 9 aromatic carbocycles. The van der Waals surface area contributed by atoms with E-state index in [9.17, 15) is 0 Å². The van der Waals surface area contributed by atoms with Gasteiger partial charge >= 0.3 is 0 Å². The predicted molar refractivity (Wildman–Crippen MR) is 234 cm³/mol. The minimum absolute atomic E-state index is 0.550. The zero-order chi connectivity index (χ0) is 36.3. The second-order valence-corrected chi connectivity index (χ2v) is 15.5. The van der Waals surface area contributed by atoms with Gasteiger partial charge in [0, 0.05) is 36.9 Å². The molecule has 0 aliphatic heterocycles. The van der Waals surface area contributed by atoms with E-state index < -0.39 is 5.41 Å². The summed E-state index contributed by atoms with van der Waals surface area (Å²) in [6.07, 6.45) is 0. The highest BCUT2D eigenvalue weighted by Gasteiger charge is 2.46. The molecule has 0 fully saturated rings. The molecule has 1 nitrogen and oxygen atoms in total. The molecule has 1 unspecified atom stereocenters. The van der Waals surface area contributed by atoms with Crippen molar-refractivity contribution in [3.63, 3.8) is 0 Å². The van der Waals surface area contributed by atoms with Crippen LogP contribution in [0.5, 0.6) is 0 Å². The van der Waals surface area contributed by atoms with Crippen LogP contribution in [-0.2, 0) is 5.41 Å². The second-order valence-electron chi connectivity index (χ2n) is 14.5. The first-order chi connectivity index (χ1) is 27.3. The molecule has 11 rings (SSSR count). The lowest BCUT2D eigenvalue weighted by molar-refractivity contribution is 0.769. The van der Waals surface area contributed by atoms with Gasteiger partial charge in [0.1, 0.15) is 0 Å². The number of hydrogen-bond acceptors (Lipinski definition) is 2. The van der Waals surface area contributed by atoms with Crippen LogP contribution in [-0.4, -0.2) is 0 Å². The summed E-state index contributed by atoms with van der Waals surface area (Å²) >= 11 is 1.86. The molecule has 1 aliphatic rings. The normalized spacial score (nSPS) is 14.6. The van der Waals surface area contributed by atoms with Crippen LogP contribution in [0.1, 0.15) is 22.3 Å². The molecule has 0 N–H and O–H groups in total. The van der Waals surface area contributed by atoms with E-state index in [1.807, 2.05) is 11.3 Å². The van der Waals surface area contributed by atoms with Crippen LogP contribution in [0.4, 0.5) is 17.1 Å². The molecule has 1 aliphatic carbocycles. The van der Waals surface area contributed by atoms with E-state index in [0.29, 0.717) is 0 Å². The first-order valence-electron chi connectivity index (χ1n) is 18.9. The number of hydrogen-bond donors (Lipinski definition) is 0. The standard InChI is InChI=1S/C53H35NS/c1-3-15-36(16-4-1)38-19-13-22-40(33-38)53(39-20-5-2-6-21-39)48-26-11-9-24-44(48)45-31-29-42(35-49(45)53)54(50-27-14-18-37-17-7-8-23-43(37)50)41-30-32-52-47(34-41)46-25-10-12-28-51(46)55-52/h1-35H. The minimum Gasteiger partial charge on any atom is -0.310 e. The third-order valence-corrected chi connectivity index (χ3v) is 12.7. The lowest BCUT2D eigenvalue weighted by Crippen LogP contribution is -2.29. The van der Waals surface area contributed by atoms with Gasteiger partial charge in [-0.25, -0.2) is 0 Å². The highest BCUT2D eigenvalue weighted by molar-refractivity contribution is 7.25. The molecule has 0 spiro atoms. The number of benzene rings is 9. The average molecular weight is 718 g/mol. The summed E-state index contributed by atoms with van der Waals surface area (Å²) in [5, 5.41) is 5.02. The Balaban J connectivity index is 1.21. The highest BCUT2D eigenvalue weighted by Crippen LogP contribution is 2.58. The molecule has 0 saturated heterocycles. The van der Waals surface area contributed by atoms with Gasteiger partial charge in [0.15, 0.2) is 0 Å². The number of thiophene rings is 1. The van der Waals surface area contributed by atoms with E-state index >= 15 is 0 Å². The lowest BCUT2D eigenvalue weighted by atomic mass is 9.67. The first-order valence-corrected chi connectivity index (χ1v) is 19.7. The molecule has 0 saturated carbocycles. The summed E-state index contributed by atoms with van der Waals surface area (Å²) in [5.41, 5.74) is 13.0. The Morgan fingerprint density at radius 2 is 0.982 bits per heavy atom. The van der Waals surface area contributed by atoms with E-state index in [-0.39, 0.29) is 0 Å². The first kappa shape index (κ1) is 31.8. The predicted octanol–water partition coefficient (Wildman–Crippen LogP) is 14.7. The van der Waals surface area contributed by atoms with Crippen LogP contribution in [0.2, 0.25) is 0 Å². The Bertz CT molecular complexity index is 3050. The zero-order valence-corrected chi connectivity index (χ0v) is 30.9. The number of nitrogens with zero attached hydrogens (tertiary/aromatic N) is 1. The summed E-state index contributed by atoms with van der Waals surface area (Å²) in [7, 11) is 0. The quantitative estimate of drug-likeness (QED) is 0.166. The van der Waals surface area contributed by atoms with Crippen molar-refractivity contribution in [2.75, 3.05) is 4.90 Å². The molecule has 55 heavy (non-hydrogen) atoms. The number of anilines is 3. The van der Waals surface area contributed by atoms with Gasteiger partial charge in [0.2, 0.25) is 0 Å². The van der Waals surface area contributed by atoms with Crippen LogP contribution in [0, 0.1) is 0 Å². The number of rotatable bonds is 6. The maximum atomic E-state index is 2.48. The third-order valence-electron chi connectivity index (χ3n) is 11.5. The topological polar surface area (TPSA) is 3.24 Å². The van der Waals surface area contributed by atoms with E-state index in [1.54, 1.807) is 0 Å². The fourth-order valence-electron chi connectivity index (χ4n) is 9.13. The van der Waals surface area contributed by atoms with E-state index in [2.05, 4.69) is 217 Å². The molecule has 0 radical (unpaired) electrons. The Morgan fingerprint density at radius 1 is 0.364 bits per heavy atom. The van der Waals surface area contributed by atoms with Crippen molar-refractivity contribution >= 4 is 59.3 Å². The van der Waals surface area contributed by atoms with Gasteiger partial charge < -0.3 is 4.90 Å². The summed E-state index contributed by atoms with van der Waals surface area (Å²) < 4.78 is 2.61. The molecule has 10 aromatic rings. The second kappa shape index (κ2) is 12.7. The van der Waals surface area contributed by atoms with Crippen LogP contribution in [0.15, 0.2) is 212 Å². The van der Waals surface area contributed by atoms with Gasteiger partial charge in [0.05, 0.1) is 11.1 Å². The zero-order valence-electron chi connectivity index (χ0n) is 30.1. The van der Waals surface area contributed by atoms with Crippen LogP contribution < -0.4 is 4.90 Å². The molecular formula is C53H35NS. The largest absolute Gasteiger partial charge is 0.310 e. The van der Waals surface area contributed by atoms with Crippen molar-refractivity contribution in [1.82, 2.24) is 0 Å². The van der Waals surface area contributed by atoms with E-state index in [1.165, 1.54) is 75.5 Å². The fourth-order valence-corrected chi connectivity index (χ4v) is 10.2. The monoisotopic (exact) mass is 717 g/mol. The van der Waals surface area contributed by atoms with Gasteiger partial charge in [-0.05, 0) is 98.4 Å². The molecule has 0 bridgehead atoms. The van der Waals surface area contributed by atoms with E-state index in [0.717, 1.165) is 17.1 Å². The maximum absolute atomic E-state index is 2.48. The van der Waals surface area contributed by atoms with Gasteiger partial charge in [-0.15, -0.1) is 11.3 Å². The Kier molecular flexibility index (Phi) is 7.33. The number of fused-ring (bicyclic) bond motifs is 7. The lowest BCUT2D eigenvalue weighted by Gasteiger charge is -2.35. The van der Waals surface area contributed by atoms with Crippen molar-refractivity contribution in [2.45, 2.75) is 5.41 Å². The average Bonchev–Trinajstić information content (AvgIpc) is 3.78. The Labute approximate surface area is 325 Å². The molecule has 2 heteroatoms. The SMILES string of the molecule is c1ccc(-c2cccc(C3(c4ccccc4)c4ccccc4-c4ccc(N(c5ccc6sc7ccccc7c6c5)c5cccc6ccccc56)cc43)c2)cc1. The van der Waals surface area contributed by atoms with Gasteiger partial charge in [-0.2, -0.15) is 0 Å². The Morgan fingerprint density at radius 3 is 1.87 bits per heavy atom. The summed E-state index contributed by atoms with van der Waals surface area (Å²) in [6, 6.07) is 78.5. The Hall–Kier alpha value is -6.74. The van der Waals surface area contributed by atoms with Crippen molar-refractivity contribution in [2.24, 2.45) is 0 Å². The minimum atomic E-state index is -0.550. The molecule has 1 heterocycles. The summed E-state index contributed by atoms with van der Waals surface area (Å²) in [5.74, 6) is 0. The molecular weight excluding hydrogens is 683 g/mol. The third kappa shape index (κ3) is 4.92. The van der Waals surface area contributed by atoms with Gasteiger partial charge in [0.25, 0.3) is 0 Å². The molecule has 0 amide bonds. The van der Waals surface area contributed by atoms with Crippen molar-refractivity contribution in [3.8, 4) is 22.3 Å². The van der Waals surface area contributed by atoms with Crippen molar-refractivity contribution < 1.29 is 0 Å².